The number of rotatable bonds is 3. The molecule has 0 aromatic heterocycles. The zero-order valence-corrected chi connectivity index (χ0v) is 10.7. The van der Waals surface area contributed by atoms with E-state index in [-0.39, 0.29) is 11.7 Å². The first-order valence-corrected chi connectivity index (χ1v) is 6.35. The number of methoxy groups -OCH3 is 1. The Morgan fingerprint density at radius 1 is 1.44 bits per heavy atom. The number of benzene rings is 1. The number of esters is 1. The summed E-state index contributed by atoms with van der Waals surface area (Å²) >= 11 is 1.23. The van der Waals surface area contributed by atoms with Crippen molar-refractivity contribution in [2.24, 2.45) is 0 Å². The number of hydrogen-bond acceptors (Lipinski definition) is 5. The summed E-state index contributed by atoms with van der Waals surface area (Å²) in [6.07, 6.45) is 1.34. The van der Waals surface area contributed by atoms with Crippen LogP contribution < -0.4 is 0 Å². The van der Waals surface area contributed by atoms with E-state index in [9.17, 15) is 9.59 Å². The summed E-state index contributed by atoms with van der Waals surface area (Å²) in [4.78, 5) is 22.7. The number of ether oxygens (including phenoxy) is 2. The average Bonchev–Trinajstić information content (AvgIpc) is 2.41. The summed E-state index contributed by atoms with van der Waals surface area (Å²) < 4.78 is 9.53. The molecule has 0 amide bonds. The molecule has 0 fully saturated rings. The third kappa shape index (κ3) is 2.73. The van der Waals surface area contributed by atoms with Crippen molar-refractivity contribution < 1.29 is 19.1 Å². The van der Waals surface area contributed by atoms with Gasteiger partial charge in [-0.1, -0.05) is 36.0 Å². The Kier molecular flexibility index (Phi) is 4.04. The number of carbonyl (C=O) groups excluding carboxylic acids is 2. The molecular formula is C13H12O4S. The summed E-state index contributed by atoms with van der Waals surface area (Å²) in [5.74, 6) is 0.194. The number of thioether (sulfide) groups is 1. The largest absolute Gasteiger partial charge is 0.489 e. The quantitative estimate of drug-likeness (QED) is 0.475. The van der Waals surface area contributed by atoms with Gasteiger partial charge in [0.15, 0.2) is 6.61 Å². The first-order chi connectivity index (χ1) is 8.72. The highest BCUT2D eigenvalue weighted by atomic mass is 32.2. The van der Waals surface area contributed by atoms with Crippen molar-refractivity contribution in [3.8, 4) is 0 Å². The van der Waals surface area contributed by atoms with E-state index >= 15 is 0 Å². The molecule has 1 heterocycles. The summed E-state index contributed by atoms with van der Waals surface area (Å²) in [6.45, 7) is -0.194. The van der Waals surface area contributed by atoms with Gasteiger partial charge in [-0.3, -0.25) is 4.79 Å². The van der Waals surface area contributed by atoms with Crippen molar-refractivity contribution in [2.75, 3.05) is 13.7 Å². The van der Waals surface area contributed by atoms with Crippen LogP contribution in [0.3, 0.4) is 0 Å². The van der Waals surface area contributed by atoms with Crippen LogP contribution in [0.15, 0.2) is 30.5 Å². The monoisotopic (exact) mass is 264 g/mol. The Balaban J connectivity index is 2.18. The molecular weight excluding hydrogens is 252 g/mol. The maximum Gasteiger partial charge on any atom is 0.343 e. The fraction of sp³-hybridized carbons (Fsp3) is 0.231. The minimum absolute atomic E-state index is 0.0430. The molecule has 2 rings (SSSR count). The lowest BCUT2D eigenvalue weighted by Gasteiger charge is -2.16. The predicted octanol–water partition coefficient (Wildman–Crippen LogP) is 1.99. The molecule has 0 atom stereocenters. The molecule has 0 spiro atoms. The molecule has 0 radical (unpaired) electrons. The minimum atomic E-state index is -0.476. The number of fused-ring (bicyclic) bond motifs is 1. The van der Waals surface area contributed by atoms with Crippen molar-refractivity contribution in [1.82, 2.24) is 0 Å². The van der Waals surface area contributed by atoms with Crippen LogP contribution in [0.2, 0.25) is 0 Å². The Bertz CT molecular complexity index is 507. The van der Waals surface area contributed by atoms with Crippen molar-refractivity contribution >= 4 is 28.4 Å². The second-order valence-corrected chi connectivity index (χ2v) is 4.60. The van der Waals surface area contributed by atoms with Gasteiger partial charge < -0.3 is 9.47 Å². The van der Waals surface area contributed by atoms with Gasteiger partial charge in [-0.2, -0.15) is 0 Å². The van der Waals surface area contributed by atoms with Gasteiger partial charge in [0, 0.05) is 5.75 Å². The van der Waals surface area contributed by atoms with Crippen LogP contribution in [0.25, 0.3) is 5.57 Å². The normalized spacial score (nSPS) is 16.3. The fourth-order valence-electron chi connectivity index (χ4n) is 1.60. The van der Waals surface area contributed by atoms with Gasteiger partial charge in [0.1, 0.15) is 0 Å². The molecule has 0 saturated heterocycles. The van der Waals surface area contributed by atoms with E-state index in [4.69, 9.17) is 4.74 Å². The van der Waals surface area contributed by atoms with Gasteiger partial charge in [0.25, 0.3) is 0 Å². The smallest absolute Gasteiger partial charge is 0.343 e. The second kappa shape index (κ2) is 5.73. The molecule has 1 aromatic carbocycles. The predicted molar refractivity (Wildman–Crippen MR) is 68.7 cm³/mol. The lowest BCUT2D eigenvalue weighted by atomic mass is 10.0. The molecule has 0 N–H and O–H groups in total. The number of carbonyl (C=O) groups is 2. The van der Waals surface area contributed by atoms with Gasteiger partial charge in [0.2, 0.25) is 5.12 Å². The van der Waals surface area contributed by atoms with Crippen LogP contribution >= 0.6 is 11.8 Å². The summed E-state index contributed by atoms with van der Waals surface area (Å²) in [7, 11) is 1.29. The van der Waals surface area contributed by atoms with Crippen LogP contribution in [0.4, 0.5) is 0 Å². The minimum Gasteiger partial charge on any atom is -0.489 e. The van der Waals surface area contributed by atoms with E-state index < -0.39 is 5.97 Å². The molecule has 0 aliphatic carbocycles. The zero-order valence-electron chi connectivity index (χ0n) is 9.84. The SMILES string of the molecule is COC(=O)COC=C1C(=O)SCc2ccccc21. The zero-order chi connectivity index (χ0) is 13.0. The van der Waals surface area contributed by atoms with Crippen LogP contribution in [0, 0.1) is 0 Å². The van der Waals surface area contributed by atoms with E-state index in [1.54, 1.807) is 0 Å². The molecule has 94 valence electrons. The van der Waals surface area contributed by atoms with Gasteiger partial charge in [0.05, 0.1) is 18.9 Å². The Morgan fingerprint density at radius 3 is 3.00 bits per heavy atom. The molecule has 1 aliphatic heterocycles. The lowest BCUT2D eigenvalue weighted by molar-refractivity contribution is -0.144. The van der Waals surface area contributed by atoms with Gasteiger partial charge in [-0.25, -0.2) is 4.79 Å². The topological polar surface area (TPSA) is 52.6 Å². The highest BCUT2D eigenvalue weighted by Crippen LogP contribution is 2.33. The number of hydrogen-bond donors (Lipinski definition) is 0. The van der Waals surface area contributed by atoms with Crippen LogP contribution in [0.1, 0.15) is 11.1 Å². The molecule has 5 heteroatoms. The molecule has 4 nitrogen and oxygen atoms in total. The lowest BCUT2D eigenvalue weighted by Crippen LogP contribution is -2.10. The highest BCUT2D eigenvalue weighted by Gasteiger charge is 2.22. The van der Waals surface area contributed by atoms with Crippen LogP contribution in [-0.2, 0) is 24.8 Å². The summed E-state index contributed by atoms with van der Waals surface area (Å²) in [5.41, 5.74) is 2.45. The highest BCUT2D eigenvalue weighted by molar-refractivity contribution is 8.14. The van der Waals surface area contributed by atoms with E-state index in [1.165, 1.54) is 25.1 Å². The molecule has 1 aromatic rings. The molecule has 0 saturated carbocycles. The summed E-state index contributed by atoms with van der Waals surface area (Å²) in [5, 5.41) is -0.0430. The fourth-order valence-corrected chi connectivity index (χ4v) is 2.46. The van der Waals surface area contributed by atoms with E-state index in [2.05, 4.69) is 4.74 Å². The van der Waals surface area contributed by atoms with Crippen molar-refractivity contribution in [3.05, 3.63) is 41.7 Å². The third-order valence-electron chi connectivity index (χ3n) is 2.52. The molecule has 18 heavy (non-hydrogen) atoms. The van der Waals surface area contributed by atoms with E-state index in [1.807, 2.05) is 24.3 Å². The standard InChI is InChI=1S/C13H12O4S/c1-16-12(14)7-17-6-11-10-5-3-2-4-9(10)8-18-13(11)15/h2-6H,7-8H2,1H3. The third-order valence-corrected chi connectivity index (χ3v) is 3.45. The second-order valence-electron chi connectivity index (χ2n) is 3.65. The average molecular weight is 264 g/mol. The maximum absolute atomic E-state index is 11.8. The van der Waals surface area contributed by atoms with Crippen molar-refractivity contribution in [3.63, 3.8) is 0 Å². The molecule has 0 bridgehead atoms. The van der Waals surface area contributed by atoms with E-state index in [0.29, 0.717) is 11.3 Å². The molecule has 0 unspecified atom stereocenters. The van der Waals surface area contributed by atoms with Gasteiger partial charge >= 0.3 is 5.97 Å². The van der Waals surface area contributed by atoms with Gasteiger partial charge in [-0.15, -0.1) is 0 Å². The Labute approximate surface area is 109 Å². The Morgan fingerprint density at radius 2 is 2.22 bits per heavy atom. The van der Waals surface area contributed by atoms with Gasteiger partial charge in [-0.05, 0) is 11.1 Å². The van der Waals surface area contributed by atoms with Crippen LogP contribution in [-0.4, -0.2) is 24.8 Å². The first-order valence-electron chi connectivity index (χ1n) is 5.36. The van der Waals surface area contributed by atoms with Crippen molar-refractivity contribution in [1.29, 1.82) is 0 Å². The molecule has 1 aliphatic rings. The van der Waals surface area contributed by atoms with E-state index in [0.717, 1.165) is 11.1 Å². The Hall–Kier alpha value is -1.75. The maximum atomic E-state index is 11.8. The summed E-state index contributed by atoms with van der Waals surface area (Å²) in [6, 6.07) is 7.65. The van der Waals surface area contributed by atoms with Crippen LogP contribution in [0.5, 0.6) is 0 Å². The van der Waals surface area contributed by atoms with Crippen molar-refractivity contribution in [2.45, 2.75) is 5.75 Å². The first kappa shape index (κ1) is 12.7.